The summed E-state index contributed by atoms with van der Waals surface area (Å²) in [4.78, 5) is 0. The van der Waals surface area contributed by atoms with Gasteiger partial charge in [0.05, 0.1) is 13.7 Å². The molecule has 1 aliphatic heterocycles. The number of ether oxygens (including phenoxy) is 2. The Balaban J connectivity index is 2.12. The van der Waals surface area contributed by atoms with Crippen LogP contribution >= 0.6 is 0 Å². The van der Waals surface area contributed by atoms with Crippen molar-refractivity contribution >= 4 is 5.88 Å². The number of hydrogen-bond acceptors (Lipinski definition) is 5. The fraction of sp³-hybridized carbons (Fsp3) is 0.250. The van der Waals surface area contributed by atoms with Crippen LogP contribution in [0.1, 0.15) is 5.56 Å². The minimum atomic E-state index is 0.302. The molecule has 3 rings (SSSR count). The first kappa shape index (κ1) is 10.0. The minimum Gasteiger partial charge on any atom is -0.493 e. The quantitative estimate of drug-likeness (QED) is 0.855. The van der Waals surface area contributed by atoms with Crippen LogP contribution in [0.25, 0.3) is 11.3 Å². The maximum absolute atomic E-state index is 5.52. The molecule has 1 aromatic carbocycles. The lowest BCUT2D eigenvalue weighted by atomic mass is 10.1. The van der Waals surface area contributed by atoms with Crippen LogP contribution in [-0.2, 0) is 6.42 Å². The summed E-state index contributed by atoms with van der Waals surface area (Å²) in [6.45, 7) is 0.691. The first-order chi connectivity index (χ1) is 8.28. The summed E-state index contributed by atoms with van der Waals surface area (Å²) in [6.07, 6.45) is 0.882. The number of nitrogens with zero attached hydrogens (tertiary/aromatic N) is 1. The molecule has 0 saturated heterocycles. The van der Waals surface area contributed by atoms with Crippen LogP contribution in [0.3, 0.4) is 0 Å². The summed E-state index contributed by atoms with van der Waals surface area (Å²) in [5.41, 5.74) is 8.27. The molecule has 1 aromatic heterocycles. The van der Waals surface area contributed by atoms with Crippen LogP contribution < -0.4 is 15.2 Å². The Morgan fingerprint density at radius 2 is 2.24 bits per heavy atom. The van der Waals surface area contributed by atoms with E-state index in [0.29, 0.717) is 18.2 Å². The molecule has 2 N–H and O–H groups in total. The van der Waals surface area contributed by atoms with Crippen LogP contribution in [-0.4, -0.2) is 18.9 Å². The second-order valence-corrected chi connectivity index (χ2v) is 3.88. The van der Waals surface area contributed by atoms with Crippen molar-refractivity contribution in [2.75, 3.05) is 19.5 Å². The van der Waals surface area contributed by atoms with E-state index in [1.54, 1.807) is 13.2 Å². The highest BCUT2D eigenvalue weighted by Crippen LogP contribution is 2.39. The SMILES string of the molecule is COc1cc(-c2cc(N)on2)cc2c1OCC2. The summed E-state index contributed by atoms with van der Waals surface area (Å²) >= 11 is 0. The third-order valence-electron chi connectivity index (χ3n) is 2.79. The van der Waals surface area contributed by atoms with Crippen molar-refractivity contribution in [1.82, 2.24) is 5.16 Å². The van der Waals surface area contributed by atoms with E-state index in [4.69, 9.17) is 19.7 Å². The van der Waals surface area contributed by atoms with Gasteiger partial charge in [0, 0.05) is 23.6 Å². The molecule has 0 fully saturated rings. The van der Waals surface area contributed by atoms with E-state index in [1.165, 1.54) is 0 Å². The van der Waals surface area contributed by atoms with Gasteiger partial charge in [-0.2, -0.15) is 0 Å². The first-order valence-corrected chi connectivity index (χ1v) is 5.34. The van der Waals surface area contributed by atoms with Gasteiger partial charge in [0.2, 0.25) is 5.88 Å². The number of nitrogen functional groups attached to an aromatic ring is 1. The Bertz CT molecular complexity index is 563. The molecule has 0 unspecified atom stereocenters. The van der Waals surface area contributed by atoms with E-state index < -0.39 is 0 Å². The molecule has 5 nitrogen and oxygen atoms in total. The van der Waals surface area contributed by atoms with Gasteiger partial charge in [-0.15, -0.1) is 0 Å². The van der Waals surface area contributed by atoms with E-state index >= 15 is 0 Å². The summed E-state index contributed by atoms with van der Waals surface area (Å²) < 4.78 is 15.7. The molecule has 2 heterocycles. The van der Waals surface area contributed by atoms with Gasteiger partial charge in [0.1, 0.15) is 5.69 Å². The lowest BCUT2D eigenvalue weighted by Crippen LogP contribution is -1.91. The number of hydrogen-bond donors (Lipinski definition) is 1. The standard InChI is InChI=1S/C12H12N2O3/c1-15-10-5-8(9-6-11(13)17-14-9)4-7-2-3-16-12(7)10/h4-6H,2-3,13H2,1H3. The van der Waals surface area contributed by atoms with E-state index in [0.717, 1.165) is 29.0 Å². The fourth-order valence-corrected chi connectivity index (χ4v) is 2.00. The molecule has 0 aliphatic carbocycles. The number of nitrogens with two attached hydrogens (primary N) is 1. The zero-order chi connectivity index (χ0) is 11.8. The Kier molecular flexibility index (Phi) is 2.18. The van der Waals surface area contributed by atoms with E-state index in [2.05, 4.69) is 5.16 Å². The van der Waals surface area contributed by atoms with Crippen molar-refractivity contribution < 1.29 is 14.0 Å². The maximum Gasteiger partial charge on any atom is 0.222 e. The average molecular weight is 232 g/mol. The predicted molar refractivity (Wildman–Crippen MR) is 62.1 cm³/mol. The van der Waals surface area contributed by atoms with Crippen molar-refractivity contribution in [2.24, 2.45) is 0 Å². The summed E-state index contributed by atoms with van der Waals surface area (Å²) in [6, 6.07) is 5.60. The highest BCUT2D eigenvalue weighted by molar-refractivity contribution is 5.68. The molecular formula is C12H12N2O3. The van der Waals surface area contributed by atoms with Gasteiger partial charge in [-0.05, 0) is 12.1 Å². The topological polar surface area (TPSA) is 70.5 Å². The predicted octanol–water partition coefficient (Wildman–Crippen LogP) is 1.87. The zero-order valence-corrected chi connectivity index (χ0v) is 9.40. The molecule has 2 aromatic rings. The van der Waals surface area contributed by atoms with Gasteiger partial charge in [0.15, 0.2) is 11.5 Å². The van der Waals surface area contributed by atoms with E-state index in [9.17, 15) is 0 Å². The Morgan fingerprint density at radius 1 is 1.35 bits per heavy atom. The fourth-order valence-electron chi connectivity index (χ4n) is 2.00. The first-order valence-electron chi connectivity index (χ1n) is 5.34. The van der Waals surface area contributed by atoms with Gasteiger partial charge in [-0.1, -0.05) is 5.16 Å². The molecule has 0 radical (unpaired) electrons. The number of methoxy groups -OCH3 is 1. The second-order valence-electron chi connectivity index (χ2n) is 3.88. The lowest BCUT2D eigenvalue weighted by molar-refractivity contribution is 0.326. The molecular weight excluding hydrogens is 220 g/mol. The molecule has 0 spiro atoms. The zero-order valence-electron chi connectivity index (χ0n) is 9.40. The van der Waals surface area contributed by atoms with Crippen molar-refractivity contribution in [2.45, 2.75) is 6.42 Å². The third kappa shape index (κ3) is 1.60. The van der Waals surface area contributed by atoms with Crippen molar-refractivity contribution in [3.05, 3.63) is 23.8 Å². The van der Waals surface area contributed by atoms with E-state index in [-0.39, 0.29) is 0 Å². The number of aromatic nitrogens is 1. The lowest BCUT2D eigenvalue weighted by Gasteiger charge is -2.08. The largest absolute Gasteiger partial charge is 0.493 e. The molecule has 0 saturated carbocycles. The smallest absolute Gasteiger partial charge is 0.222 e. The third-order valence-corrected chi connectivity index (χ3v) is 2.79. The summed E-state index contributed by atoms with van der Waals surface area (Å²) in [7, 11) is 1.62. The van der Waals surface area contributed by atoms with E-state index in [1.807, 2.05) is 12.1 Å². The molecule has 1 aliphatic rings. The molecule has 17 heavy (non-hydrogen) atoms. The van der Waals surface area contributed by atoms with Gasteiger partial charge in [-0.3, -0.25) is 0 Å². The minimum absolute atomic E-state index is 0.302. The normalized spacial score (nSPS) is 13.2. The maximum atomic E-state index is 5.52. The average Bonchev–Trinajstić information content (AvgIpc) is 2.95. The van der Waals surface area contributed by atoms with Crippen LogP contribution in [0.5, 0.6) is 11.5 Å². The number of rotatable bonds is 2. The van der Waals surface area contributed by atoms with Crippen molar-refractivity contribution in [3.63, 3.8) is 0 Å². The Labute approximate surface area is 98.1 Å². The molecule has 88 valence electrons. The number of benzene rings is 1. The molecule has 0 bridgehead atoms. The molecule has 0 atom stereocenters. The van der Waals surface area contributed by atoms with Crippen molar-refractivity contribution in [3.8, 4) is 22.8 Å². The Morgan fingerprint density at radius 3 is 2.94 bits per heavy atom. The van der Waals surface area contributed by atoms with Crippen LogP contribution in [0.2, 0.25) is 0 Å². The Hall–Kier alpha value is -2.17. The molecule has 0 amide bonds. The second kappa shape index (κ2) is 3.69. The molecule has 5 heteroatoms. The number of fused-ring (bicyclic) bond motifs is 1. The highest BCUT2D eigenvalue weighted by atomic mass is 16.5. The van der Waals surface area contributed by atoms with Crippen LogP contribution in [0.4, 0.5) is 5.88 Å². The van der Waals surface area contributed by atoms with Crippen LogP contribution in [0, 0.1) is 0 Å². The number of anilines is 1. The highest BCUT2D eigenvalue weighted by Gasteiger charge is 2.19. The monoisotopic (exact) mass is 232 g/mol. The van der Waals surface area contributed by atoms with Gasteiger partial charge >= 0.3 is 0 Å². The summed E-state index contributed by atoms with van der Waals surface area (Å²) in [5, 5.41) is 3.89. The van der Waals surface area contributed by atoms with Gasteiger partial charge in [0.25, 0.3) is 0 Å². The van der Waals surface area contributed by atoms with Gasteiger partial charge < -0.3 is 19.7 Å². The van der Waals surface area contributed by atoms with Crippen molar-refractivity contribution in [1.29, 1.82) is 0 Å². The van der Waals surface area contributed by atoms with Gasteiger partial charge in [-0.25, -0.2) is 0 Å². The summed E-state index contributed by atoms with van der Waals surface area (Å²) in [5.74, 6) is 1.85. The van der Waals surface area contributed by atoms with Crippen LogP contribution in [0.15, 0.2) is 22.7 Å².